The van der Waals surface area contributed by atoms with Gasteiger partial charge in [0.1, 0.15) is 5.02 Å². The van der Waals surface area contributed by atoms with Gasteiger partial charge in [0.15, 0.2) is 5.82 Å². The number of para-hydroxylation sites is 1. The minimum Gasteiger partial charge on any atom is -0.392 e. The van der Waals surface area contributed by atoms with E-state index in [-0.39, 0.29) is 35.2 Å². The maximum absolute atomic E-state index is 12.5. The van der Waals surface area contributed by atoms with Gasteiger partial charge < -0.3 is 36.2 Å². The van der Waals surface area contributed by atoms with Gasteiger partial charge in [-0.1, -0.05) is 30.3 Å². The molecule has 3 aromatic rings. The molecule has 13 heteroatoms. The Labute approximate surface area is 268 Å². The molecule has 238 valence electrons. The number of piperidine rings is 1. The average molecular weight is 634 g/mol. The fourth-order valence-electron chi connectivity index (χ4n) is 5.80. The van der Waals surface area contributed by atoms with Gasteiger partial charge in [0.2, 0.25) is 11.9 Å². The monoisotopic (exact) mass is 633 g/mol. The molecule has 1 aromatic heterocycles. The molecule has 5 rings (SSSR count). The minimum atomic E-state index is -0.340. The van der Waals surface area contributed by atoms with E-state index in [1.807, 2.05) is 6.07 Å². The third kappa shape index (κ3) is 7.71. The van der Waals surface area contributed by atoms with Gasteiger partial charge in [-0.2, -0.15) is 4.98 Å². The topological polar surface area (TPSA) is 138 Å². The lowest BCUT2D eigenvalue weighted by Crippen LogP contribution is -2.53. The van der Waals surface area contributed by atoms with E-state index in [1.165, 1.54) is 25.1 Å². The van der Waals surface area contributed by atoms with E-state index >= 15 is 0 Å². The summed E-state index contributed by atoms with van der Waals surface area (Å²) in [6.07, 6.45) is 5.03. The number of likely N-dealkylation sites (tertiary alicyclic amines) is 1. The molecule has 45 heavy (non-hydrogen) atoms. The van der Waals surface area contributed by atoms with Crippen molar-refractivity contribution in [2.75, 3.05) is 74.2 Å². The van der Waals surface area contributed by atoms with E-state index in [9.17, 15) is 14.7 Å². The van der Waals surface area contributed by atoms with Crippen LogP contribution in [0, 0.1) is 0 Å². The highest BCUT2D eigenvalue weighted by atomic mass is 35.5. The number of hydrogen-bond acceptors (Lipinski definition) is 10. The van der Waals surface area contributed by atoms with E-state index < -0.39 is 0 Å². The Balaban J connectivity index is 1.39. The first kappa shape index (κ1) is 32.2. The average Bonchev–Trinajstić information content (AvgIpc) is 3.06. The SMILES string of the molecule is C=CC(=O)Nc1cc(Nc2ncc(Cl)c(Nc3ccccc3C(=O)NC)n2)c(CO)cc1N1CCN(C2CCN(C)CC2)CC1. The molecule has 0 radical (unpaired) electrons. The Morgan fingerprint density at radius 1 is 1.04 bits per heavy atom. The molecule has 12 nitrogen and oxygen atoms in total. The summed E-state index contributed by atoms with van der Waals surface area (Å²) in [5.74, 6) is -0.107. The summed E-state index contributed by atoms with van der Waals surface area (Å²) in [6, 6.07) is 11.3. The van der Waals surface area contributed by atoms with Gasteiger partial charge in [0, 0.05) is 50.5 Å². The van der Waals surface area contributed by atoms with Crippen LogP contribution in [0.25, 0.3) is 0 Å². The molecule has 2 aliphatic rings. The maximum Gasteiger partial charge on any atom is 0.253 e. The Morgan fingerprint density at radius 3 is 2.47 bits per heavy atom. The van der Waals surface area contributed by atoms with Crippen LogP contribution in [0.15, 0.2) is 55.3 Å². The number of anilines is 6. The van der Waals surface area contributed by atoms with Crippen molar-refractivity contribution in [3.63, 3.8) is 0 Å². The quantitative estimate of drug-likeness (QED) is 0.210. The number of piperazine rings is 1. The molecule has 2 fully saturated rings. The Morgan fingerprint density at radius 2 is 1.78 bits per heavy atom. The van der Waals surface area contributed by atoms with Crippen LogP contribution in [0.4, 0.5) is 34.5 Å². The number of halogens is 1. The molecule has 0 aliphatic carbocycles. The van der Waals surface area contributed by atoms with Crippen molar-refractivity contribution >= 4 is 57.9 Å². The van der Waals surface area contributed by atoms with Crippen LogP contribution >= 0.6 is 11.6 Å². The van der Waals surface area contributed by atoms with Gasteiger partial charge >= 0.3 is 0 Å². The molecule has 0 bridgehead atoms. The van der Waals surface area contributed by atoms with Crippen LogP contribution in [0.5, 0.6) is 0 Å². The molecule has 0 atom stereocenters. The number of aromatic nitrogens is 2. The fraction of sp³-hybridized carbons (Fsp3) is 0.375. The largest absolute Gasteiger partial charge is 0.392 e. The number of benzene rings is 2. The number of nitrogens with one attached hydrogen (secondary N) is 4. The summed E-state index contributed by atoms with van der Waals surface area (Å²) in [6.45, 7) is 9.05. The Hall–Kier alpha value is -4.23. The van der Waals surface area contributed by atoms with Gasteiger partial charge in [-0.05, 0) is 63.3 Å². The number of hydrogen-bond donors (Lipinski definition) is 5. The number of aliphatic hydroxyl groups is 1. The molecule has 0 spiro atoms. The highest BCUT2D eigenvalue weighted by Gasteiger charge is 2.28. The van der Waals surface area contributed by atoms with E-state index in [4.69, 9.17) is 11.6 Å². The zero-order chi connectivity index (χ0) is 31.9. The summed E-state index contributed by atoms with van der Waals surface area (Å²) in [7, 11) is 3.74. The first-order chi connectivity index (χ1) is 21.8. The minimum absolute atomic E-state index is 0.203. The second-order valence-corrected chi connectivity index (χ2v) is 11.6. The van der Waals surface area contributed by atoms with Gasteiger partial charge in [0.25, 0.3) is 5.91 Å². The normalized spacial score (nSPS) is 16.2. The number of nitrogens with zero attached hydrogens (tertiary/aromatic N) is 5. The third-order valence-electron chi connectivity index (χ3n) is 8.34. The maximum atomic E-state index is 12.5. The van der Waals surface area contributed by atoms with Crippen molar-refractivity contribution in [1.82, 2.24) is 25.1 Å². The van der Waals surface area contributed by atoms with Crippen LogP contribution in [0.1, 0.15) is 28.8 Å². The smallest absolute Gasteiger partial charge is 0.253 e. The van der Waals surface area contributed by atoms with E-state index in [0.29, 0.717) is 34.2 Å². The predicted octanol–water partition coefficient (Wildman–Crippen LogP) is 3.81. The molecular weight excluding hydrogens is 594 g/mol. The fourth-order valence-corrected chi connectivity index (χ4v) is 5.94. The predicted molar refractivity (Wildman–Crippen MR) is 179 cm³/mol. The van der Waals surface area contributed by atoms with Crippen molar-refractivity contribution in [3.05, 3.63) is 71.4 Å². The van der Waals surface area contributed by atoms with Crippen LogP contribution in [-0.4, -0.2) is 96.1 Å². The van der Waals surface area contributed by atoms with E-state index in [0.717, 1.165) is 45.0 Å². The Bertz CT molecular complexity index is 1540. The highest BCUT2D eigenvalue weighted by Crippen LogP contribution is 2.36. The molecule has 5 N–H and O–H groups in total. The van der Waals surface area contributed by atoms with Crippen molar-refractivity contribution in [3.8, 4) is 0 Å². The zero-order valence-corrected chi connectivity index (χ0v) is 26.4. The molecule has 0 unspecified atom stereocenters. The molecule has 2 aromatic carbocycles. The van der Waals surface area contributed by atoms with Crippen LogP contribution < -0.4 is 26.2 Å². The van der Waals surface area contributed by atoms with Gasteiger partial charge in [-0.3, -0.25) is 14.5 Å². The molecule has 2 amide bonds. The molecule has 2 saturated heterocycles. The van der Waals surface area contributed by atoms with Crippen LogP contribution in [0.2, 0.25) is 5.02 Å². The van der Waals surface area contributed by atoms with Crippen molar-refractivity contribution in [2.45, 2.75) is 25.5 Å². The molecular formula is C32H40ClN9O3. The van der Waals surface area contributed by atoms with Crippen molar-refractivity contribution in [1.29, 1.82) is 0 Å². The second-order valence-electron chi connectivity index (χ2n) is 11.2. The lowest BCUT2D eigenvalue weighted by molar-refractivity contribution is -0.111. The lowest BCUT2D eigenvalue weighted by Gasteiger charge is -2.43. The number of rotatable bonds is 10. The molecule has 0 saturated carbocycles. The summed E-state index contributed by atoms with van der Waals surface area (Å²) in [5, 5.41) is 22.5. The summed E-state index contributed by atoms with van der Waals surface area (Å²) >= 11 is 6.42. The first-order valence-electron chi connectivity index (χ1n) is 15.1. The number of amides is 2. The van der Waals surface area contributed by atoms with Crippen molar-refractivity contribution < 1.29 is 14.7 Å². The highest BCUT2D eigenvalue weighted by molar-refractivity contribution is 6.33. The van der Waals surface area contributed by atoms with Gasteiger partial charge in [-0.25, -0.2) is 4.98 Å². The summed E-state index contributed by atoms with van der Waals surface area (Å²) in [4.78, 5) is 40.9. The first-order valence-corrected chi connectivity index (χ1v) is 15.4. The van der Waals surface area contributed by atoms with Crippen LogP contribution in [0.3, 0.4) is 0 Å². The number of carbonyl (C=O) groups excluding carboxylic acids is 2. The number of aliphatic hydroxyl groups excluding tert-OH is 1. The third-order valence-corrected chi connectivity index (χ3v) is 8.61. The lowest BCUT2D eigenvalue weighted by atomic mass is 10.0. The van der Waals surface area contributed by atoms with Gasteiger partial charge in [0.05, 0.1) is 35.4 Å². The molecule has 2 aliphatic heterocycles. The van der Waals surface area contributed by atoms with E-state index in [2.05, 4.69) is 59.6 Å². The standard InChI is InChI=1S/C32H40ClN9O3/c1-4-29(44)36-27-18-26(21(20-43)17-28(27)42-15-13-41(14-16-42)22-9-11-40(3)12-10-22)38-32-35-19-24(33)30(39-32)37-25-8-6-5-7-23(25)31(45)34-2/h4-8,17-19,22,43H,1,9-16,20H2,2-3H3,(H,34,45)(H,36,44)(H2,35,37,38,39). The second kappa shape index (κ2) is 14.7. The zero-order valence-electron chi connectivity index (χ0n) is 25.6. The Kier molecular flexibility index (Phi) is 10.5. The number of carbonyl (C=O) groups is 2. The summed E-state index contributed by atoms with van der Waals surface area (Å²) in [5.41, 5.74) is 3.49. The van der Waals surface area contributed by atoms with Crippen molar-refractivity contribution in [2.24, 2.45) is 0 Å². The summed E-state index contributed by atoms with van der Waals surface area (Å²) < 4.78 is 0. The van der Waals surface area contributed by atoms with E-state index in [1.54, 1.807) is 37.4 Å². The van der Waals surface area contributed by atoms with Crippen LogP contribution in [-0.2, 0) is 11.4 Å². The molecule has 3 heterocycles. The van der Waals surface area contributed by atoms with Gasteiger partial charge in [-0.15, -0.1) is 0 Å².